The number of fused-ring (bicyclic) bond motifs is 3. The smallest absolute Gasteiger partial charge is 0.221 e. The number of hydrogen-bond acceptors (Lipinski definition) is 3. The zero-order valence-corrected chi connectivity index (χ0v) is 14.9. The van der Waals surface area contributed by atoms with Gasteiger partial charge >= 0.3 is 0 Å². The number of ether oxygens (including phenoxy) is 1. The first-order valence-electron chi connectivity index (χ1n) is 9.48. The molecule has 1 aliphatic rings. The third-order valence-corrected chi connectivity index (χ3v) is 5.28. The molecular weight excluding hydrogens is 308 g/mol. The Morgan fingerprint density at radius 2 is 1.64 bits per heavy atom. The molecule has 25 heavy (non-hydrogen) atoms. The molecule has 1 saturated heterocycles. The Morgan fingerprint density at radius 1 is 0.960 bits per heavy atom. The van der Waals surface area contributed by atoms with E-state index >= 15 is 0 Å². The first kappa shape index (κ1) is 16.3. The average Bonchev–Trinajstić information content (AvgIpc) is 2.67. The first-order valence-corrected chi connectivity index (χ1v) is 9.48. The minimum atomic E-state index is 0.639. The van der Waals surface area contributed by atoms with Gasteiger partial charge < -0.3 is 9.64 Å². The molecule has 0 bridgehead atoms. The lowest BCUT2D eigenvalue weighted by Crippen LogP contribution is -2.35. The summed E-state index contributed by atoms with van der Waals surface area (Å²) in [6.07, 6.45) is 3.70. The molecule has 4 rings (SSSR count). The van der Waals surface area contributed by atoms with Gasteiger partial charge in [-0.2, -0.15) is 0 Å². The average molecular weight is 334 g/mol. The maximum atomic E-state index is 6.23. The molecule has 1 aliphatic heterocycles. The number of pyridine rings is 1. The van der Waals surface area contributed by atoms with Crippen LogP contribution in [-0.4, -0.2) is 36.1 Å². The van der Waals surface area contributed by atoms with Crippen molar-refractivity contribution in [2.24, 2.45) is 5.92 Å². The highest BCUT2D eigenvalue weighted by Gasteiger charge is 2.20. The SMILES string of the molecule is CCCN1CCC(COc2nc3ccccc3c3ccccc23)CC1. The van der Waals surface area contributed by atoms with Crippen LogP contribution in [0.15, 0.2) is 48.5 Å². The van der Waals surface area contributed by atoms with E-state index in [0.717, 1.165) is 23.4 Å². The summed E-state index contributed by atoms with van der Waals surface area (Å²) in [5.41, 5.74) is 1.01. The van der Waals surface area contributed by atoms with Crippen LogP contribution in [0.5, 0.6) is 5.88 Å². The molecular formula is C22H26N2O. The Balaban J connectivity index is 1.53. The molecule has 2 heterocycles. The Bertz CT molecular complexity index is 853. The maximum absolute atomic E-state index is 6.23. The monoisotopic (exact) mass is 334 g/mol. The van der Waals surface area contributed by atoms with Gasteiger partial charge in [0.05, 0.1) is 12.1 Å². The first-order chi connectivity index (χ1) is 12.3. The molecule has 0 N–H and O–H groups in total. The van der Waals surface area contributed by atoms with Crippen LogP contribution >= 0.6 is 0 Å². The second kappa shape index (κ2) is 7.40. The Kier molecular flexibility index (Phi) is 4.84. The van der Waals surface area contributed by atoms with Crippen molar-refractivity contribution >= 4 is 21.7 Å². The van der Waals surface area contributed by atoms with Gasteiger partial charge in [-0.25, -0.2) is 4.98 Å². The lowest BCUT2D eigenvalue weighted by Gasteiger charge is -2.31. The van der Waals surface area contributed by atoms with E-state index in [1.54, 1.807) is 0 Å². The second-order valence-corrected chi connectivity index (χ2v) is 7.08. The van der Waals surface area contributed by atoms with Crippen LogP contribution < -0.4 is 4.74 Å². The van der Waals surface area contributed by atoms with Crippen molar-refractivity contribution in [2.45, 2.75) is 26.2 Å². The van der Waals surface area contributed by atoms with Crippen LogP contribution in [-0.2, 0) is 0 Å². The van der Waals surface area contributed by atoms with E-state index in [0.29, 0.717) is 5.92 Å². The number of likely N-dealkylation sites (tertiary alicyclic amines) is 1. The molecule has 1 aromatic heterocycles. The molecule has 3 heteroatoms. The fraction of sp³-hybridized carbons (Fsp3) is 0.409. The summed E-state index contributed by atoms with van der Waals surface area (Å²) in [5.74, 6) is 1.42. The highest BCUT2D eigenvalue weighted by molar-refractivity contribution is 6.07. The largest absolute Gasteiger partial charge is 0.477 e. The number of hydrogen-bond donors (Lipinski definition) is 0. The predicted octanol–water partition coefficient (Wildman–Crippen LogP) is 4.89. The Morgan fingerprint density at radius 3 is 2.40 bits per heavy atom. The fourth-order valence-corrected chi connectivity index (χ4v) is 3.87. The maximum Gasteiger partial charge on any atom is 0.221 e. The second-order valence-electron chi connectivity index (χ2n) is 7.08. The summed E-state index contributed by atoms with van der Waals surface area (Å²) in [7, 11) is 0. The van der Waals surface area contributed by atoms with Gasteiger partial charge in [0.25, 0.3) is 0 Å². The number of piperidine rings is 1. The van der Waals surface area contributed by atoms with Gasteiger partial charge in [0.1, 0.15) is 0 Å². The molecule has 1 fully saturated rings. The Labute approximate surface area is 149 Å². The van der Waals surface area contributed by atoms with Gasteiger partial charge in [-0.1, -0.05) is 43.3 Å². The number of para-hydroxylation sites is 1. The molecule has 130 valence electrons. The summed E-state index contributed by atoms with van der Waals surface area (Å²) >= 11 is 0. The van der Waals surface area contributed by atoms with Crippen molar-refractivity contribution in [1.29, 1.82) is 0 Å². The van der Waals surface area contributed by atoms with Crippen molar-refractivity contribution in [3.63, 3.8) is 0 Å². The van der Waals surface area contributed by atoms with E-state index in [4.69, 9.17) is 9.72 Å². The summed E-state index contributed by atoms with van der Waals surface area (Å²) in [5, 5.41) is 3.53. The highest BCUT2D eigenvalue weighted by Crippen LogP contribution is 2.31. The van der Waals surface area contributed by atoms with E-state index in [9.17, 15) is 0 Å². The zero-order chi connectivity index (χ0) is 17.1. The van der Waals surface area contributed by atoms with E-state index in [-0.39, 0.29) is 0 Å². The fourth-order valence-electron chi connectivity index (χ4n) is 3.87. The minimum absolute atomic E-state index is 0.639. The van der Waals surface area contributed by atoms with Crippen LogP contribution in [0.4, 0.5) is 0 Å². The van der Waals surface area contributed by atoms with Crippen molar-refractivity contribution < 1.29 is 4.74 Å². The summed E-state index contributed by atoms with van der Waals surface area (Å²) < 4.78 is 6.23. The van der Waals surface area contributed by atoms with Crippen LogP contribution in [0.1, 0.15) is 26.2 Å². The minimum Gasteiger partial charge on any atom is -0.477 e. The molecule has 0 unspecified atom stereocenters. The number of rotatable bonds is 5. The molecule has 0 spiro atoms. The van der Waals surface area contributed by atoms with Gasteiger partial charge in [0.15, 0.2) is 0 Å². The summed E-state index contributed by atoms with van der Waals surface area (Å²) in [4.78, 5) is 7.37. The summed E-state index contributed by atoms with van der Waals surface area (Å²) in [6, 6.07) is 16.7. The normalized spacial score (nSPS) is 16.5. The van der Waals surface area contributed by atoms with Crippen molar-refractivity contribution in [3.8, 4) is 5.88 Å². The molecule has 0 saturated carbocycles. The number of aromatic nitrogens is 1. The number of benzene rings is 2. The highest BCUT2D eigenvalue weighted by atomic mass is 16.5. The molecule has 2 aromatic carbocycles. The van der Waals surface area contributed by atoms with Crippen molar-refractivity contribution in [1.82, 2.24) is 9.88 Å². The standard InChI is InChI=1S/C22H26N2O/c1-2-13-24-14-11-17(12-15-24)16-25-22-20-9-4-3-7-18(20)19-8-5-6-10-21(19)23-22/h3-10,17H,2,11-16H2,1H3. The van der Waals surface area contributed by atoms with Crippen LogP contribution in [0.2, 0.25) is 0 Å². The topological polar surface area (TPSA) is 25.4 Å². The zero-order valence-electron chi connectivity index (χ0n) is 14.9. The Hall–Kier alpha value is -2.13. The van der Waals surface area contributed by atoms with E-state index < -0.39 is 0 Å². The quantitative estimate of drug-likeness (QED) is 0.621. The molecule has 0 atom stereocenters. The lowest BCUT2D eigenvalue weighted by molar-refractivity contribution is 0.140. The predicted molar refractivity (Wildman–Crippen MR) is 104 cm³/mol. The molecule has 0 aliphatic carbocycles. The molecule has 3 aromatic rings. The molecule has 3 nitrogen and oxygen atoms in total. The molecule has 0 amide bonds. The van der Waals surface area contributed by atoms with Gasteiger partial charge in [-0.3, -0.25) is 0 Å². The van der Waals surface area contributed by atoms with E-state index in [2.05, 4.69) is 54.3 Å². The van der Waals surface area contributed by atoms with Crippen molar-refractivity contribution in [2.75, 3.05) is 26.2 Å². The number of nitrogens with zero attached hydrogens (tertiary/aromatic N) is 2. The third kappa shape index (κ3) is 3.47. The lowest BCUT2D eigenvalue weighted by atomic mass is 9.98. The van der Waals surface area contributed by atoms with Gasteiger partial charge in [-0.15, -0.1) is 0 Å². The molecule has 0 radical (unpaired) electrons. The van der Waals surface area contributed by atoms with E-state index in [1.807, 2.05) is 6.07 Å². The van der Waals surface area contributed by atoms with Gasteiger partial charge in [-0.05, 0) is 62.3 Å². The van der Waals surface area contributed by atoms with Crippen LogP contribution in [0.3, 0.4) is 0 Å². The van der Waals surface area contributed by atoms with E-state index in [1.165, 1.54) is 49.7 Å². The van der Waals surface area contributed by atoms with Crippen molar-refractivity contribution in [3.05, 3.63) is 48.5 Å². The van der Waals surface area contributed by atoms with Crippen LogP contribution in [0.25, 0.3) is 21.7 Å². The van der Waals surface area contributed by atoms with Crippen LogP contribution in [0, 0.1) is 5.92 Å². The van der Waals surface area contributed by atoms with Gasteiger partial charge in [0, 0.05) is 10.8 Å². The van der Waals surface area contributed by atoms with Gasteiger partial charge in [0.2, 0.25) is 5.88 Å². The third-order valence-electron chi connectivity index (χ3n) is 5.28. The summed E-state index contributed by atoms with van der Waals surface area (Å²) in [6.45, 7) is 6.66.